The van der Waals surface area contributed by atoms with Gasteiger partial charge in [0.2, 0.25) is 5.91 Å². The van der Waals surface area contributed by atoms with Crippen LogP contribution in [0.25, 0.3) is 0 Å². The van der Waals surface area contributed by atoms with E-state index in [1.807, 2.05) is 30.3 Å². The highest BCUT2D eigenvalue weighted by atomic mass is 16.7. The van der Waals surface area contributed by atoms with Gasteiger partial charge in [-0.15, -0.1) is 0 Å². The lowest BCUT2D eigenvalue weighted by atomic mass is 10.1. The number of barbiturate groups is 1. The predicted octanol–water partition coefficient (Wildman–Crippen LogP) is 3.03. The summed E-state index contributed by atoms with van der Waals surface area (Å²) in [6, 6.07) is 25.5. The van der Waals surface area contributed by atoms with Crippen LogP contribution in [0.15, 0.2) is 91.0 Å². The summed E-state index contributed by atoms with van der Waals surface area (Å²) in [6.07, 6.45) is 0.0723. The number of aryl methyl sites for hydroxylation is 1. The van der Waals surface area contributed by atoms with Crippen molar-refractivity contribution in [3.63, 3.8) is 0 Å². The SMILES string of the molecule is O=C(CCc1ccccc1)N1C(=O)N(COCCO)C(=O)C(OCc2ccccc2)(OCc2ccccc2)C1=O. The van der Waals surface area contributed by atoms with Crippen molar-refractivity contribution in [1.29, 1.82) is 0 Å². The van der Waals surface area contributed by atoms with E-state index < -0.39 is 36.3 Å². The highest BCUT2D eigenvalue weighted by Crippen LogP contribution is 2.30. The topological polar surface area (TPSA) is 123 Å². The number of hydrogen-bond acceptors (Lipinski definition) is 8. The Morgan fingerprint density at radius 3 is 1.73 bits per heavy atom. The lowest BCUT2D eigenvalue weighted by Crippen LogP contribution is -2.72. The molecule has 0 bridgehead atoms. The summed E-state index contributed by atoms with van der Waals surface area (Å²) in [7, 11) is 0. The standard InChI is InChI=1S/C30H30N2O8/c33-18-19-38-22-31-27(35)30(39-20-24-12-6-2-7-13-24,40-21-25-14-8-3-9-15-25)28(36)32(29(31)37)26(34)17-16-23-10-4-1-5-11-23/h1-15,33H,16-22H2. The second-order valence-corrected chi connectivity index (χ2v) is 8.96. The highest BCUT2D eigenvalue weighted by molar-refractivity contribution is 6.26. The maximum atomic E-state index is 13.9. The lowest BCUT2D eigenvalue weighted by Gasteiger charge is -2.42. The molecule has 3 aromatic rings. The van der Waals surface area contributed by atoms with E-state index >= 15 is 0 Å². The van der Waals surface area contributed by atoms with E-state index in [4.69, 9.17) is 19.3 Å². The maximum absolute atomic E-state index is 13.9. The summed E-state index contributed by atoms with van der Waals surface area (Å²) in [4.78, 5) is 55.5. The molecule has 1 fully saturated rings. The molecular weight excluding hydrogens is 516 g/mol. The van der Waals surface area contributed by atoms with E-state index in [2.05, 4.69) is 0 Å². The van der Waals surface area contributed by atoms with Crippen LogP contribution in [0.4, 0.5) is 4.79 Å². The number of rotatable bonds is 13. The first kappa shape index (κ1) is 28.8. The molecule has 1 N–H and O–H groups in total. The number of carbonyl (C=O) groups excluding carboxylic acids is 4. The van der Waals surface area contributed by atoms with Gasteiger partial charge in [-0.1, -0.05) is 91.0 Å². The first-order valence-corrected chi connectivity index (χ1v) is 12.8. The molecule has 10 heteroatoms. The van der Waals surface area contributed by atoms with E-state index in [-0.39, 0.29) is 39.3 Å². The molecule has 0 radical (unpaired) electrons. The summed E-state index contributed by atoms with van der Waals surface area (Å²) in [5, 5.41) is 9.13. The fourth-order valence-corrected chi connectivity index (χ4v) is 4.08. The van der Waals surface area contributed by atoms with Gasteiger partial charge in [0.15, 0.2) is 0 Å². The predicted molar refractivity (Wildman–Crippen MR) is 142 cm³/mol. The van der Waals surface area contributed by atoms with E-state index in [9.17, 15) is 19.2 Å². The van der Waals surface area contributed by atoms with Gasteiger partial charge in [-0.25, -0.2) is 9.69 Å². The highest BCUT2D eigenvalue weighted by Gasteiger charge is 2.62. The van der Waals surface area contributed by atoms with Gasteiger partial charge in [-0.05, 0) is 23.1 Å². The molecule has 5 amide bonds. The van der Waals surface area contributed by atoms with Crippen LogP contribution in [0.2, 0.25) is 0 Å². The molecule has 10 nitrogen and oxygen atoms in total. The van der Waals surface area contributed by atoms with Crippen molar-refractivity contribution in [2.45, 2.75) is 31.8 Å². The Balaban J connectivity index is 1.68. The summed E-state index contributed by atoms with van der Waals surface area (Å²) in [5.74, 6) is -5.83. The molecular formula is C30H30N2O8. The van der Waals surface area contributed by atoms with E-state index in [1.165, 1.54) is 0 Å². The Bertz CT molecular complexity index is 1260. The largest absolute Gasteiger partial charge is 0.394 e. The smallest absolute Gasteiger partial charge is 0.342 e. The van der Waals surface area contributed by atoms with Gasteiger partial charge >= 0.3 is 23.6 Å². The minimum absolute atomic E-state index is 0.185. The normalized spacial score (nSPS) is 15.0. The van der Waals surface area contributed by atoms with Crippen LogP contribution in [0.5, 0.6) is 0 Å². The van der Waals surface area contributed by atoms with Crippen LogP contribution >= 0.6 is 0 Å². The fourth-order valence-electron chi connectivity index (χ4n) is 4.08. The maximum Gasteiger partial charge on any atom is 0.342 e. The molecule has 208 valence electrons. The fraction of sp³-hybridized carbons (Fsp3) is 0.267. The van der Waals surface area contributed by atoms with Crippen molar-refractivity contribution in [2.75, 3.05) is 19.9 Å². The Labute approximate surface area is 231 Å². The summed E-state index contributed by atoms with van der Waals surface area (Å²) >= 11 is 0. The second kappa shape index (κ2) is 13.7. The van der Waals surface area contributed by atoms with Crippen molar-refractivity contribution in [2.24, 2.45) is 0 Å². The van der Waals surface area contributed by atoms with Crippen molar-refractivity contribution in [3.05, 3.63) is 108 Å². The Kier molecular flexibility index (Phi) is 9.87. The van der Waals surface area contributed by atoms with Crippen LogP contribution in [-0.4, -0.2) is 64.4 Å². The third-order valence-electron chi connectivity index (χ3n) is 6.18. The number of carbonyl (C=O) groups is 4. The number of nitrogens with zero attached hydrogens (tertiary/aromatic N) is 2. The quantitative estimate of drug-likeness (QED) is 0.197. The Morgan fingerprint density at radius 1 is 0.725 bits per heavy atom. The van der Waals surface area contributed by atoms with Crippen LogP contribution < -0.4 is 0 Å². The Morgan fingerprint density at radius 2 is 1.23 bits per heavy atom. The molecule has 4 rings (SSSR count). The number of imide groups is 4. The number of hydrogen-bond donors (Lipinski definition) is 1. The van der Waals surface area contributed by atoms with Gasteiger partial charge in [0.05, 0.1) is 26.4 Å². The van der Waals surface area contributed by atoms with E-state index in [0.29, 0.717) is 20.9 Å². The van der Waals surface area contributed by atoms with Gasteiger partial charge < -0.3 is 19.3 Å². The molecule has 0 unspecified atom stereocenters. The molecule has 40 heavy (non-hydrogen) atoms. The monoisotopic (exact) mass is 546 g/mol. The van der Waals surface area contributed by atoms with Crippen molar-refractivity contribution in [1.82, 2.24) is 9.80 Å². The van der Waals surface area contributed by atoms with Crippen molar-refractivity contribution in [3.8, 4) is 0 Å². The lowest BCUT2D eigenvalue weighted by molar-refractivity contribution is -0.250. The zero-order valence-corrected chi connectivity index (χ0v) is 21.8. The molecule has 0 spiro atoms. The number of ether oxygens (including phenoxy) is 3. The number of amides is 5. The number of benzene rings is 3. The molecule has 0 atom stereocenters. The van der Waals surface area contributed by atoms with E-state index in [1.54, 1.807) is 60.7 Å². The van der Waals surface area contributed by atoms with Gasteiger partial charge in [-0.2, -0.15) is 4.90 Å². The summed E-state index contributed by atoms with van der Waals surface area (Å²) in [5.41, 5.74) is 2.10. The molecule has 0 saturated carbocycles. The van der Waals surface area contributed by atoms with Crippen molar-refractivity contribution >= 4 is 23.8 Å². The summed E-state index contributed by atoms with van der Waals surface area (Å²) < 4.78 is 17.1. The first-order valence-electron chi connectivity index (χ1n) is 12.8. The van der Waals surface area contributed by atoms with E-state index in [0.717, 1.165) is 5.56 Å². The van der Waals surface area contributed by atoms with Crippen LogP contribution in [0.1, 0.15) is 23.1 Å². The van der Waals surface area contributed by atoms with Crippen LogP contribution in [-0.2, 0) is 48.2 Å². The first-order chi connectivity index (χ1) is 19.5. The number of aliphatic hydroxyl groups excluding tert-OH is 1. The molecule has 1 aliphatic heterocycles. The third kappa shape index (κ3) is 6.67. The zero-order valence-electron chi connectivity index (χ0n) is 21.8. The molecule has 1 heterocycles. The third-order valence-corrected chi connectivity index (χ3v) is 6.18. The zero-order chi connectivity index (χ0) is 28.4. The number of urea groups is 1. The van der Waals surface area contributed by atoms with Gasteiger partial charge in [-0.3, -0.25) is 14.4 Å². The van der Waals surface area contributed by atoms with Gasteiger partial charge in [0.1, 0.15) is 6.73 Å². The minimum Gasteiger partial charge on any atom is -0.394 e. The molecule has 3 aromatic carbocycles. The Hall–Kier alpha value is -4.22. The van der Waals surface area contributed by atoms with Gasteiger partial charge in [0.25, 0.3) is 0 Å². The number of aliphatic hydroxyl groups is 1. The average molecular weight is 547 g/mol. The molecule has 1 saturated heterocycles. The van der Waals surface area contributed by atoms with Crippen LogP contribution in [0.3, 0.4) is 0 Å². The second-order valence-electron chi connectivity index (χ2n) is 8.96. The minimum atomic E-state index is -2.65. The average Bonchev–Trinajstić information content (AvgIpc) is 2.99. The van der Waals surface area contributed by atoms with Gasteiger partial charge in [0, 0.05) is 6.42 Å². The molecule has 0 aliphatic carbocycles. The van der Waals surface area contributed by atoms with Crippen LogP contribution in [0, 0.1) is 0 Å². The molecule has 0 aromatic heterocycles. The summed E-state index contributed by atoms with van der Waals surface area (Å²) in [6.45, 7) is -1.62. The van der Waals surface area contributed by atoms with Crippen molar-refractivity contribution < 1.29 is 38.5 Å². The molecule has 1 aliphatic rings.